The van der Waals surface area contributed by atoms with Gasteiger partial charge in [-0.05, 0) is 22.4 Å². The topological polar surface area (TPSA) is 65.5 Å². The molecule has 0 unspecified atom stereocenters. The Labute approximate surface area is 134 Å². The van der Waals surface area contributed by atoms with E-state index in [0.29, 0.717) is 32.8 Å². The van der Waals surface area contributed by atoms with Crippen LogP contribution >= 0.6 is 15.9 Å². The predicted molar refractivity (Wildman–Crippen MR) is 85.6 cm³/mol. The quantitative estimate of drug-likeness (QED) is 0.610. The Morgan fingerprint density at radius 2 is 1.90 bits per heavy atom. The van der Waals surface area contributed by atoms with E-state index in [2.05, 4.69) is 38.1 Å². The summed E-state index contributed by atoms with van der Waals surface area (Å²) in [6.45, 7) is 5.18. The van der Waals surface area contributed by atoms with E-state index < -0.39 is 0 Å². The highest BCUT2D eigenvalue weighted by molar-refractivity contribution is 9.10. The smallest absolute Gasteiger partial charge is 0.144 e. The van der Waals surface area contributed by atoms with E-state index in [0.717, 1.165) is 34.8 Å². The zero-order valence-corrected chi connectivity index (χ0v) is 14.5. The molecular weight excluding hydrogens is 338 g/mol. The average Bonchev–Trinajstić information content (AvgIpc) is 2.48. The number of nitrogens with zero attached hydrogens (tertiary/aromatic N) is 2. The molecule has 0 radical (unpaired) electrons. The third kappa shape index (κ3) is 6.69. The lowest BCUT2D eigenvalue weighted by Crippen LogP contribution is -2.12. The zero-order chi connectivity index (χ0) is 15.5. The van der Waals surface area contributed by atoms with Crippen molar-refractivity contribution in [1.29, 1.82) is 0 Å². The van der Waals surface area contributed by atoms with Gasteiger partial charge in [0, 0.05) is 27.2 Å². The van der Waals surface area contributed by atoms with Gasteiger partial charge in [0.15, 0.2) is 0 Å². The fourth-order valence-corrected chi connectivity index (χ4v) is 2.09. The van der Waals surface area contributed by atoms with Crippen molar-refractivity contribution in [1.82, 2.24) is 9.97 Å². The van der Waals surface area contributed by atoms with Gasteiger partial charge in [0.2, 0.25) is 0 Å². The van der Waals surface area contributed by atoms with E-state index in [9.17, 15) is 0 Å². The Kier molecular flexibility index (Phi) is 9.49. The van der Waals surface area contributed by atoms with Crippen molar-refractivity contribution < 1.29 is 14.2 Å². The molecule has 7 heteroatoms. The summed E-state index contributed by atoms with van der Waals surface area (Å²) >= 11 is 3.53. The third-order valence-corrected chi connectivity index (χ3v) is 3.52. The number of rotatable bonds is 11. The Bertz CT molecular complexity index is 419. The van der Waals surface area contributed by atoms with Gasteiger partial charge < -0.3 is 19.5 Å². The highest BCUT2D eigenvalue weighted by Crippen LogP contribution is 2.24. The molecule has 0 bridgehead atoms. The van der Waals surface area contributed by atoms with E-state index in [4.69, 9.17) is 14.2 Å². The summed E-state index contributed by atoms with van der Waals surface area (Å²) in [4.78, 5) is 9.05. The van der Waals surface area contributed by atoms with Crippen LogP contribution in [-0.2, 0) is 27.2 Å². The number of aromatic nitrogens is 2. The second-order valence-corrected chi connectivity index (χ2v) is 5.26. The van der Waals surface area contributed by atoms with Gasteiger partial charge in [0.1, 0.15) is 11.6 Å². The van der Waals surface area contributed by atoms with Crippen molar-refractivity contribution in [3.05, 3.63) is 16.0 Å². The van der Waals surface area contributed by atoms with E-state index >= 15 is 0 Å². The van der Waals surface area contributed by atoms with Crippen LogP contribution in [0.1, 0.15) is 24.9 Å². The van der Waals surface area contributed by atoms with Gasteiger partial charge >= 0.3 is 0 Å². The SMILES string of the molecule is CCCNc1nc(CCOCCOC)nc(COC)c1Br. The van der Waals surface area contributed by atoms with E-state index in [1.165, 1.54) is 0 Å². The van der Waals surface area contributed by atoms with Crippen LogP contribution in [0.15, 0.2) is 4.47 Å². The van der Waals surface area contributed by atoms with Crippen molar-refractivity contribution in [3.8, 4) is 0 Å². The maximum absolute atomic E-state index is 5.46. The van der Waals surface area contributed by atoms with Gasteiger partial charge in [0.25, 0.3) is 0 Å². The van der Waals surface area contributed by atoms with E-state index in [1.54, 1.807) is 14.2 Å². The monoisotopic (exact) mass is 361 g/mol. The summed E-state index contributed by atoms with van der Waals surface area (Å²) in [5.41, 5.74) is 0.845. The second-order valence-electron chi connectivity index (χ2n) is 4.46. The summed E-state index contributed by atoms with van der Waals surface area (Å²) < 4.78 is 16.4. The number of ether oxygens (including phenoxy) is 3. The number of nitrogens with one attached hydrogen (secondary N) is 1. The van der Waals surface area contributed by atoms with Crippen molar-refractivity contribution in [2.75, 3.05) is 45.9 Å². The molecule has 0 spiro atoms. The molecular formula is C14H24BrN3O3. The minimum atomic E-state index is 0.446. The summed E-state index contributed by atoms with van der Waals surface area (Å²) in [7, 11) is 3.31. The largest absolute Gasteiger partial charge is 0.382 e. The average molecular weight is 362 g/mol. The summed E-state index contributed by atoms with van der Waals surface area (Å²) in [6, 6.07) is 0. The molecule has 21 heavy (non-hydrogen) atoms. The molecule has 0 amide bonds. The van der Waals surface area contributed by atoms with Gasteiger partial charge in [0.05, 0.1) is 36.6 Å². The van der Waals surface area contributed by atoms with E-state index in [-0.39, 0.29) is 0 Å². The standard InChI is InChI=1S/C14H24BrN3O3/c1-4-6-16-14-13(15)11(10-20-3)17-12(18-14)5-7-21-9-8-19-2/h4-10H2,1-3H3,(H,16,17,18). The van der Waals surface area contributed by atoms with Crippen LogP contribution < -0.4 is 5.32 Å². The molecule has 0 aromatic carbocycles. The van der Waals surface area contributed by atoms with Crippen LogP contribution in [0.25, 0.3) is 0 Å². The minimum Gasteiger partial charge on any atom is -0.382 e. The lowest BCUT2D eigenvalue weighted by Gasteiger charge is -2.12. The summed E-state index contributed by atoms with van der Waals surface area (Å²) in [5.74, 6) is 1.56. The van der Waals surface area contributed by atoms with E-state index in [1.807, 2.05) is 0 Å². The van der Waals surface area contributed by atoms with Gasteiger partial charge in [-0.3, -0.25) is 0 Å². The van der Waals surface area contributed by atoms with Crippen LogP contribution in [0.5, 0.6) is 0 Å². The molecule has 0 aliphatic heterocycles. The molecule has 6 nitrogen and oxygen atoms in total. The fraction of sp³-hybridized carbons (Fsp3) is 0.714. The fourth-order valence-electron chi connectivity index (χ4n) is 1.66. The van der Waals surface area contributed by atoms with Gasteiger partial charge in [-0.1, -0.05) is 6.92 Å². The molecule has 1 N–H and O–H groups in total. The predicted octanol–water partition coefficient (Wildman–Crippen LogP) is 2.41. The first-order chi connectivity index (χ1) is 10.2. The van der Waals surface area contributed by atoms with Crippen LogP contribution in [0, 0.1) is 0 Å². The van der Waals surface area contributed by atoms with Gasteiger partial charge in [-0.15, -0.1) is 0 Å². The molecule has 0 saturated heterocycles. The molecule has 0 saturated carbocycles. The number of methoxy groups -OCH3 is 2. The highest BCUT2D eigenvalue weighted by Gasteiger charge is 2.12. The number of halogens is 1. The zero-order valence-electron chi connectivity index (χ0n) is 12.9. The van der Waals surface area contributed by atoms with Crippen LogP contribution in [-0.4, -0.2) is 50.6 Å². The molecule has 0 aliphatic carbocycles. The first kappa shape index (κ1) is 18.3. The molecule has 1 rings (SSSR count). The van der Waals surface area contributed by atoms with Crippen molar-refractivity contribution in [2.24, 2.45) is 0 Å². The first-order valence-corrected chi connectivity index (χ1v) is 7.87. The highest BCUT2D eigenvalue weighted by atomic mass is 79.9. The Balaban J connectivity index is 2.70. The molecule has 1 heterocycles. The van der Waals surface area contributed by atoms with Gasteiger partial charge in [-0.2, -0.15) is 0 Å². The Morgan fingerprint density at radius 1 is 1.10 bits per heavy atom. The second kappa shape index (κ2) is 10.9. The van der Waals surface area contributed by atoms with Crippen LogP contribution in [0.4, 0.5) is 5.82 Å². The van der Waals surface area contributed by atoms with Crippen molar-refractivity contribution in [3.63, 3.8) is 0 Å². The summed E-state index contributed by atoms with van der Waals surface area (Å²) in [5, 5.41) is 3.30. The molecule has 0 atom stereocenters. The number of hydrogen-bond donors (Lipinski definition) is 1. The Morgan fingerprint density at radius 3 is 2.57 bits per heavy atom. The molecule has 1 aromatic heterocycles. The molecule has 0 fully saturated rings. The summed E-state index contributed by atoms with van der Waals surface area (Å²) in [6.07, 6.45) is 1.69. The normalized spacial score (nSPS) is 10.9. The Hall–Kier alpha value is -0.760. The lowest BCUT2D eigenvalue weighted by atomic mass is 10.3. The minimum absolute atomic E-state index is 0.446. The number of hydrogen-bond acceptors (Lipinski definition) is 6. The maximum Gasteiger partial charge on any atom is 0.144 e. The van der Waals surface area contributed by atoms with Crippen molar-refractivity contribution in [2.45, 2.75) is 26.4 Å². The van der Waals surface area contributed by atoms with Gasteiger partial charge in [-0.25, -0.2) is 9.97 Å². The number of anilines is 1. The first-order valence-electron chi connectivity index (χ1n) is 7.07. The maximum atomic E-state index is 5.46. The lowest BCUT2D eigenvalue weighted by molar-refractivity contribution is 0.0716. The molecule has 0 aliphatic rings. The third-order valence-electron chi connectivity index (χ3n) is 2.69. The van der Waals surface area contributed by atoms with Crippen LogP contribution in [0.2, 0.25) is 0 Å². The molecule has 1 aromatic rings. The molecule has 120 valence electrons. The van der Waals surface area contributed by atoms with Crippen molar-refractivity contribution >= 4 is 21.7 Å². The van der Waals surface area contributed by atoms with Crippen LogP contribution in [0.3, 0.4) is 0 Å².